The van der Waals surface area contributed by atoms with E-state index in [1.165, 1.54) is 5.56 Å². The number of morpholine rings is 1. The molecule has 2 aromatic rings. The first-order chi connectivity index (χ1) is 9.92. The highest BCUT2D eigenvalue weighted by Gasteiger charge is 2.21. The molecular formula is C17H20N2O. The van der Waals surface area contributed by atoms with Gasteiger partial charge in [-0.1, -0.05) is 36.4 Å². The number of nitrogens with zero attached hydrogens (tertiary/aromatic N) is 2. The van der Waals surface area contributed by atoms with Crippen LogP contribution >= 0.6 is 0 Å². The highest BCUT2D eigenvalue weighted by Crippen LogP contribution is 2.21. The minimum Gasteiger partial charge on any atom is -0.371 e. The third-order valence-corrected chi connectivity index (χ3v) is 3.73. The molecule has 0 spiro atoms. The molecule has 1 saturated heterocycles. The van der Waals surface area contributed by atoms with Gasteiger partial charge in [-0.15, -0.1) is 0 Å². The van der Waals surface area contributed by atoms with Crippen LogP contribution in [0.15, 0.2) is 54.7 Å². The van der Waals surface area contributed by atoms with Crippen LogP contribution in [-0.4, -0.2) is 36.1 Å². The van der Waals surface area contributed by atoms with Crippen LogP contribution in [0, 0.1) is 0 Å². The Hall–Kier alpha value is -1.71. The lowest BCUT2D eigenvalue weighted by Gasteiger charge is -2.33. The van der Waals surface area contributed by atoms with E-state index in [4.69, 9.17) is 4.74 Å². The Morgan fingerprint density at radius 2 is 1.95 bits per heavy atom. The Kier molecular flexibility index (Phi) is 4.41. The smallest absolute Gasteiger partial charge is 0.0952 e. The van der Waals surface area contributed by atoms with Gasteiger partial charge in [-0.2, -0.15) is 0 Å². The van der Waals surface area contributed by atoms with Gasteiger partial charge in [0.25, 0.3) is 0 Å². The standard InChI is InChI=1S/C17H20N2O/c1-2-6-15(7-3-1)17-14-19(12-13-20-17)11-9-16-8-4-5-10-18-16/h1-8,10,17H,9,11-14H2/t17-/m1/s1. The Balaban J connectivity index is 1.56. The molecule has 0 bridgehead atoms. The van der Waals surface area contributed by atoms with E-state index in [0.717, 1.165) is 38.4 Å². The Labute approximate surface area is 120 Å². The summed E-state index contributed by atoms with van der Waals surface area (Å²) in [6, 6.07) is 16.6. The molecule has 1 aromatic carbocycles. The van der Waals surface area contributed by atoms with E-state index in [9.17, 15) is 0 Å². The monoisotopic (exact) mass is 268 g/mol. The molecule has 3 rings (SSSR count). The third-order valence-electron chi connectivity index (χ3n) is 3.73. The summed E-state index contributed by atoms with van der Waals surface area (Å²) in [4.78, 5) is 6.85. The number of ether oxygens (including phenoxy) is 1. The first-order valence-corrected chi connectivity index (χ1v) is 7.20. The lowest BCUT2D eigenvalue weighted by atomic mass is 10.1. The van der Waals surface area contributed by atoms with Crippen molar-refractivity contribution in [2.45, 2.75) is 12.5 Å². The summed E-state index contributed by atoms with van der Waals surface area (Å²) in [7, 11) is 0. The van der Waals surface area contributed by atoms with Crippen LogP contribution in [-0.2, 0) is 11.2 Å². The van der Waals surface area contributed by atoms with Gasteiger partial charge in [-0.3, -0.25) is 9.88 Å². The fourth-order valence-electron chi connectivity index (χ4n) is 2.59. The van der Waals surface area contributed by atoms with Gasteiger partial charge < -0.3 is 4.74 Å². The summed E-state index contributed by atoms with van der Waals surface area (Å²) >= 11 is 0. The second kappa shape index (κ2) is 6.64. The van der Waals surface area contributed by atoms with Crippen LogP contribution in [0.25, 0.3) is 0 Å². The summed E-state index contributed by atoms with van der Waals surface area (Å²) in [6.45, 7) is 3.83. The van der Waals surface area contributed by atoms with Crippen LogP contribution in [0.1, 0.15) is 17.4 Å². The predicted molar refractivity (Wildman–Crippen MR) is 79.5 cm³/mol. The molecule has 1 aliphatic rings. The van der Waals surface area contributed by atoms with Crippen LogP contribution in [0.2, 0.25) is 0 Å². The van der Waals surface area contributed by atoms with E-state index < -0.39 is 0 Å². The first kappa shape index (κ1) is 13.3. The quantitative estimate of drug-likeness (QED) is 0.852. The minimum absolute atomic E-state index is 0.202. The molecule has 1 fully saturated rings. The lowest BCUT2D eigenvalue weighted by Crippen LogP contribution is -2.39. The van der Waals surface area contributed by atoms with Crippen molar-refractivity contribution in [3.63, 3.8) is 0 Å². The Bertz CT molecular complexity index is 515. The van der Waals surface area contributed by atoms with Gasteiger partial charge in [-0.05, 0) is 17.7 Å². The molecule has 0 aliphatic carbocycles. The van der Waals surface area contributed by atoms with Gasteiger partial charge in [0.15, 0.2) is 0 Å². The maximum atomic E-state index is 5.89. The summed E-state index contributed by atoms with van der Waals surface area (Å²) in [6.07, 6.45) is 3.07. The van der Waals surface area contributed by atoms with E-state index in [1.54, 1.807) is 0 Å². The molecule has 2 heterocycles. The van der Waals surface area contributed by atoms with Crippen LogP contribution < -0.4 is 0 Å². The maximum absolute atomic E-state index is 5.89. The van der Waals surface area contributed by atoms with Crippen molar-refractivity contribution in [2.24, 2.45) is 0 Å². The van der Waals surface area contributed by atoms with E-state index in [1.807, 2.05) is 18.3 Å². The zero-order valence-electron chi connectivity index (χ0n) is 11.6. The third kappa shape index (κ3) is 3.44. The van der Waals surface area contributed by atoms with Crippen molar-refractivity contribution in [3.8, 4) is 0 Å². The van der Waals surface area contributed by atoms with Crippen molar-refractivity contribution in [1.29, 1.82) is 0 Å². The zero-order chi connectivity index (χ0) is 13.6. The highest BCUT2D eigenvalue weighted by atomic mass is 16.5. The van der Waals surface area contributed by atoms with Gasteiger partial charge >= 0.3 is 0 Å². The second-order valence-corrected chi connectivity index (χ2v) is 5.14. The molecule has 0 saturated carbocycles. The average Bonchev–Trinajstić information content (AvgIpc) is 2.55. The molecule has 0 N–H and O–H groups in total. The first-order valence-electron chi connectivity index (χ1n) is 7.20. The van der Waals surface area contributed by atoms with Crippen molar-refractivity contribution < 1.29 is 4.74 Å². The van der Waals surface area contributed by atoms with Crippen LogP contribution in [0.3, 0.4) is 0 Å². The maximum Gasteiger partial charge on any atom is 0.0952 e. The molecule has 0 radical (unpaired) electrons. The normalized spacial score (nSPS) is 19.9. The van der Waals surface area contributed by atoms with Crippen LogP contribution in [0.4, 0.5) is 0 Å². The molecule has 3 heteroatoms. The van der Waals surface area contributed by atoms with Crippen molar-refractivity contribution in [2.75, 3.05) is 26.2 Å². The minimum atomic E-state index is 0.202. The number of benzene rings is 1. The molecule has 20 heavy (non-hydrogen) atoms. The van der Waals surface area contributed by atoms with E-state index in [-0.39, 0.29) is 6.10 Å². The fraction of sp³-hybridized carbons (Fsp3) is 0.353. The Morgan fingerprint density at radius 1 is 1.10 bits per heavy atom. The number of hydrogen-bond donors (Lipinski definition) is 0. The molecule has 3 nitrogen and oxygen atoms in total. The molecular weight excluding hydrogens is 248 g/mol. The molecule has 0 unspecified atom stereocenters. The summed E-state index contributed by atoms with van der Waals surface area (Å²) in [5.41, 5.74) is 2.44. The zero-order valence-corrected chi connectivity index (χ0v) is 11.6. The molecule has 1 aliphatic heterocycles. The topological polar surface area (TPSA) is 25.4 Å². The summed E-state index contributed by atoms with van der Waals surface area (Å²) in [5.74, 6) is 0. The van der Waals surface area contributed by atoms with E-state index >= 15 is 0 Å². The number of aromatic nitrogens is 1. The second-order valence-electron chi connectivity index (χ2n) is 5.14. The van der Waals surface area contributed by atoms with E-state index in [2.05, 4.69) is 46.3 Å². The van der Waals surface area contributed by atoms with Gasteiger partial charge in [0.05, 0.1) is 12.7 Å². The highest BCUT2D eigenvalue weighted by molar-refractivity contribution is 5.18. The van der Waals surface area contributed by atoms with Crippen molar-refractivity contribution in [1.82, 2.24) is 9.88 Å². The summed E-state index contributed by atoms with van der Waals surface area (Å²) in [5, 5.41) is 0. The van der Waals surface area contributed by atoms with Crippen molar-refractivity contribution >= 4 is 0 Å². The predicted octanol–water partition coefficient (Wildman–Crippen LogP) is 2.70. The van der Waals surface area contributed by atoms with Gasteiger partial charge in [0.1, 0.15) is 0 Å². The SMILES string of the molecule is c1ccc([C@H]2CN(CCc3ccccn3)CCO2)cc1. The summed E-state index contributed by atoms with van der Waals surface area (Å²) < 4.78 is 5.89. The van der Waals surface area contributed by atoms with E-state index in [0.29, 0.717) is 0 Å². The number of rotatable bonds is 4. The lowest BCUT2D eigenvalue weighted by molar-refractivity contribution is -0.0296. The molecule has 1 aromatic heterocycles. The van der Waals surface area contributed by atoms with Gasteiger partial charge in [0.2, 0.25) is 0 Å². The number of hydrogen-bond acceptors (Lipinski definition) is 3. The van der Waals surface area contributed by atoms with Gasteiger partial charge in [0, 0.05) is 37.9 Å². The number of pyridine rings is 1. The van der Waals surface area contributed by atoms with Crippen LogP contribution in [0.5, 0.6) is 0 Å². The Morgan fingerprint density at radius 3 is 2.75 bits per heavy atom. The van der Waals surface area contributed by atoms with Gasteiger partial charge in [-0.25, -0.2) is 0 Å². The van der Waals surface area contributed by atoms with Crippen molar-refractivity contribution in [3.05, 3.63) is 66.0 Å². The molecule has 1 atom stereocenters. The largest absolute Gasteiger partial charge is 0.371 e. The fourth-order valence-corrected chi connectivity index (χ4v) is 2.59. The average molecular weight is 268 g/mol. The molecule has 0 amide bonds. The molecule has 104 valence electrons.